The van der Waals surface area contributed by atoms with Crippen molar-refractivity contribution in [1.82, 2.24) is 10.3 Å². The van der Waals surface area contributed by atoms with Crippen LogP contribution in [0.1, 0.15) is 18.2 Å². The van der Waals surface area contributed by atoms with Crippen LogP contribution < -0.4 is 11.1 Å². The molecule has 0 bridgehead atoms. The van der Waals surface area contributed by atoms with Crippen LogP contribution in [0.3, 0.4) is 0 Å². The van der Waals surface area contributed by atoms with Gasteiger partial charge in [0.2, 0.25) is 5.91 Å². The summed E-state index contributed by atoms with van der Waals surface area (Å²) < 4.78 is 5.27. The van der Waals surface area contributed by atoms with Gasteiger partial charge < -0.3 is 15.8 Å². The maximum Gasteiger partial charge on any atom is 0.230 e. The van der Waals surface area contributed by atoms with Gasteiger partial charge in [0, 0.05) is 12.2 Å². The average molecular weight is 249 g/mol. The van der Waals surface area contributed by atoms with Gasteiger partial charge in [-0.05, 0) is 25.5 Å². The number of aryl methyl sites for hydroxylation is 1. The predicted octanol–water partition coefficient (Wildman–Crippen LogP) is 0.370. The van der Waals surface area contributed by atoms with Gasteiger partial charge in [0.25, 0.3) is 0 Å². The molecule has 1 aliphatic heterocycles. The van der Waals surface area contributed by atoms with Crippen LogP contribution in [0.15, 0.2) is 18.3 Å². The molecule has 1 aliphatic rings. The lowest BCUT2D eigenvalue weighted by Gasteiger charge is -2.25. The Bertz CT molecular complexity index is 450. The first kappa shape index (κ1) is 13.0. The number of hydrogen-bond donors (Lipinski definition) is 2. The Balaban J connectivity index is 1.99. The fourth-order valence-electron chi connectivity index (χ4n) is 1.99. The molecule has 0 saturated carbocycles. The van der Waals surface area contributed by atoms with Crippen LogP contribution in [0.4, 0.5) is 0 Å². The third-order valence-corrected chi connectivity index (χ3v) is 3.57. The molecule has 0 aromatic carbocycles. The lowest BCUT2D eigenvalue weighted by molar-refractivity contribution is -0.130. The predicted molar refractivity (Wildman–Crippen MR) is 67.7 cm³/mol. The van der Waals surface area contributed by atoms with E-state index in [1.54, 1.807) is 6.20 Å². The molecule has 18 heavy (non-hydrogen) atoms. The Labute approximate surface area is 107 Å². The molecule has 0 aliphatic carbocycles. The Morgan fingerprint density at radius 2 is 2.50 bits per heavy atom. The summed E-state index contributed by atoms with van der Waals surface area (Å²) in [5, 5.41) is 2.89. The summed E-state index contributed by atoms with van der Waals surface area (Å²) in [5.41, 5.74) is 7.22. The third-order valence-electron chi connectivity index (χ3n) is 3.57. The van der Waals surface area contributed by atoms with Crippen molar-refractivity contribution >= 4 is 5.91 Å². The summed E-state index contributed by atoms with van der Waals surface area (Å²) in [7, 11) is 0. The fourth-order valence-corrected chi connectivity index (χ4v) is 1.99. The minimum atomic E-state index is -0.636. The Morgan fingerprint density at radius 3 is 3.11 bits per heavy atom. The summed E-state index contributed by atoms with van der Waals surface area (Å²) in [5.74, 6) is -0.0717. The fraction of sp³-hybridized carbons (Fsp3) is 0.538. The Kier molecular flexibility index (Phi) is 3.63. The zero-order valence-electron chi connectivity index (χ0n) is 10.8. The van der Waals surface area contributed by atoms with Crippen molar-refractivity contribution in [3.05, 3.63) is 29.6 Å². The number of aromatic nitrogens is 1. The van der Waals surface area contributed by atoms with Crippen LogP contribution >= 0.6 is 0 Å². The monoisotopic (exact) mass is 249 g/mol. The van der Waals surface area contributed by atoms with Gasteiger partial charge in [-0.2, -0.15) is 0 Å². The highest BCUT2D eigenvalue weighted by Gasteiger charge is 2.44. The third kappa shape index (κ3) is 2.37. The van der Waals surface area contributed by atoms with E-state index >= 15 is 0 Å². The molecule has 0 radical (unpaired) electrons. The van der Waals surface area contributed by atoms with Gasteiger partial charge in [0.15, 0.2) is 0 Å². The lowest BCUT2D eigenvalue weighted by atomic mass is 9.85. The first-order chi connectivity index (χ1) is 8.54. The minimum Gasteiger partial charge on any atom is -0.379 e. The van der Waals surface area contributed by atoms with E-state index < -0.39 is 5.41 Å². The van der Waals surface area contributed by atoms with Gasteiger partial charge in [-0.25, -0.2) is 0 Å². The smallest absolute Gasteiger partial charge is 0.230 e. The van der Waals surface area contributed by atoms with Crippen molar-refractivity contribution in [2.45, 2.75) is 26.4 Å². The molecule has 1 aromatic rings. The summed E-state index contributed by atoms with van der Waals surface area (Å²) in [4.78, 5) is 16.4. The second-order valence-corrected chi connectivity index (χ2v) is 4.99. The SMILES string of the molecule is Cc1cccnc1CNC(=O)C1(C)COCC1N. The zero-order chi connectivity index (χ0) is 13.2. The summed E-state index contributed by atoms with van der Waals surface area (Å²) in [6.07, 6.45) is 1.72. The van der Waals surface area contributed by atoms with Gasteiger partial charge >= 0.3 is 0 Å². The van der Waals surface area contributed by atoms with E-state index in [1.165, 1.54) is 0 Å². The second kappa shape index (κ2) is 5.04. The molecule has 1 fully saturated rings. The van der Waals surface area contributed by atoms with Crippen LogP contribution in [0.25, 0.3) is 0 Å². The highest BCUT2D eigenvalue weighted by molar-refractivity contribution is 5.83. The van der Waals surface area contributed by atoms with E-state index in [-0.39, 0.29) is 11.9 Å². The van der Waals surface area contributed by atoms with Gasteiger partial charge in [0.1, 0.15) is 0 Å². The second-order valence-electron chi connectivity index (χ2n) is 4.99. The number of hydrogen-bond acceptors (Lipinski definition) is 4. The van der Waals surface area contributed by atoms with E-state index in [1.807, 2.05) is 26.0 Å². The van der Waals surface area contributed by atoms with E-state index in [2.05, 4.69) is 10.3 Å². The molecule has 2 heterocycles. The van der Waals surface area contributed by atoms with Crippen molar-refractivity contribution in [3.63, 3.8) is 0 Å². The number of nitrogens with two attached hydrogens (primary N) is 1. The van der Waals surface area contributed by atoms with Crippen molar-refractivity contribution in [2.75, 3.05) is 13.2 Å². The normalized spacial score (nSPS) is 27.2. The summed E-state index contributed by atoms with van der Waals surface area (Å²) in [6, 6.07) is 3.60. The maximum absolute atomic E-state index is 12.2. The molecular weight excluding hydrogens is 230 g/mol. The largest absolute Gasteiger partial charge is 0.379 e. The highest BCUT2D eigenvalue weighted by atomic mass is 16.5. The first-order valence-corrected chi connectivity index (χ1v) is 6.06. The number of nitrogens with zero attached hydrogens (tertiary/aromatic N) is 1. The number of nitrogens with one attached hydrogen (secondary N) is 1. The Hall–Kier alpha value is -1.46. The van der Waals surface area contributed by atoms with Gasteiger partial charge in [-0.1, -0.05) is 6.07 Å². The van der Waals surface area contributed by atoms with Crippen LogP contribution in [-0.4, -0.2) is 30.1 Å². The van der Waals surface area contributed by atoms with Crippen LogP contribution in [0, 0.1) is 12.3 Å². The molecule has 1 amide bonds. The molecule has 98 valence electrons. The number of carbonyl (C=O) groups excluding carboxylic acids is 1. The van der Waals surface area contributed by atoms with Crippen LogP contribution in [0.5, 0.6) is 0 Å². The van der Waals surface area contributed by atoms with Crippen LogP contribution in [-0.2, 0) is 16.1 Å². The molecule has 5 heteroatoms. The molecular formula is C13H19N3O2. The van der Waals surface area contributed by atoms with Gasteiger partial charge in [-0.15, -0.1) is 0 Å². The standard InChI is InChI=1S/C13H19N3O2/c1-9-4-3-5-15-10(9)6-16-12(17)13(2)8-18-7-11(13)14/h3-5,11H,6-8,14H2,1-2H3,(H,16,17). The molecule has 2 atom stereocenters. The number of ether oxygens (including phenoxy) is 1. The number of amides is 1. The van der Waals surface area contributed by atoms with Gasteiger partial charge in [-0.3, -0.25) is 9.78 Å². The quantitative estimate of drug-likeness (QED) is 0.811. The molecule has 5 nitrogen and oxygen atoms in total. The number of pyridine rings is 1. The van der Waals surface area contributed by atoms with E-state index in [9.17, 15) is 4.79 Å². The summed E-state index contributed by atoms with van der Waals surface area (Å²) in [6.45, 7) is 5.05. The van der Waals surface area contributed by atoms with Crippen molar-refractivity contribution < 1.29 is 9.53 Å². The molecule has 0 spiro atoms. The van der Waals surface area contributed by atoms with Crippen molar-refractivity contribution in [1.29, 1.82) is 0 Å². The maximum atomic E-state index is 12.2. The number of rotatable bonds is 3. The van der Waals surface area contributed by atoms with E-state index in [4.69, 9.17) is 10.5 Å². The Morgan fingerprint density at radius 1 is 1.72 bits per heavy atom. The zero-order valence-corrected chi connectivity index (χ0v) is 10.8. The van der Waals surface area contributed by atoms with Gasteiger partial charge in [0.05, 0.1) is 30.9 Å². The van der Waals surface area contributed by atoms with E-state index in [0.717, 1.165) is 11.3 Å². The molecule has 3 N–H and O–H groups in total. The molecule has 1 saturated heterocycles. The number of carbonyl (C=O) groups is 1. The topological polar surface area (TPSA) is 77.2 Å². The van der Waals surface area contributed by atoms with E-state index in [0.29, 0.717) is 19.8 Å². The first-order valence-electron chi connectivity index (χ1n) is 6.06. The molecule has 1 aromatic heterocycles. The highest BCUT2D eigenvalue weighted by Crippen LogP contribution is 2.27. The summed E-state index contributed by atoms with van der Waals surface area (Å²) >= 11 is 0. The minimum absolute atomic E-state index is 0.0717. The lowest BCUT2D eigenvalue weighted by Crippen LogP contribution is -2.49. The molecule has 2 unspecified atom stereocenters. The average Bonchev–Trinajstić information content (AvgIpc) is 2.69. The van der Waals surface area contributed by atoms with Crippen molar-refractivity contribution in [3.8, 4) is 0 Å². The van der Waals surface area contributed by atoms with Crippen LogP contribution in [0.2, 0.25) is 0 Å². The van der Waals surface area contributed by atoms with Crippen molar-refractivity contribution in [2.24, 2.45) is 11.1 Å². The molecule has 2 rings (SSSR count).